The van der Waals surface area contributed by atoms with Gasteiger partial charge in [-0.2, -0.15) is 0 Å². The van der Waals surface area contributed by atoms with Crippen LogP contribution in [0.25, 0.3) is 0 Å². The van der Waals surface area contributed by atoms with E-state index in [0.717, 1.165) is 18.4 Å². The lowest BCUT2D eigenvalue weighted by Crippen LogP contribution is -2.47. The molecule has 0 aromatic carbocycles. The molecule has 0 spiro atoms. The predicted octanol–water partition coefficient (Wildman–Crippen LogP) is 3.70. The van der Waals surface area contributed by atoms with Crippen molar-refractivity contribution in [2.75, 3.05) is 0 Å². The van der Waals surface area contributed by atoms with Gasteiger partial charge in [-0.15, -0.1) is 0 Å². The predicted molar refractivity (Wildman–Crippen MR) is 72.2 cm³/mol. The highest BCUT2D eigenvalue weighted by Gasteiger charge is 2.52. The molecule has 2 nitrogen and oxygen atoms in total. The number of carbonyl (C=O) groups is 2. The van der Waals surface area contributed by atoms with Crippen molar-refractivity contribution in [1.82, 2.24) is 0 Å². The van der Waals surface area contributed by atoms with E-state index in [4.69, 9.17) is 0 Å². The van der Waals surface area contributed by atoms with Crippen LogP contribution >= 0.6 is 0 Å². The maximum absolute atomic E-state index is 12.2. The Labute approximate surface area is 110 Å². The molecule has 0 heterocycles. The zero-order valence-electron chi connectivity index (χ0n) is 12.2. The van der Waals surface area contributed by atoms with Crippen LogP contribution in [0.3, 0.4) is 0 Å². The molecule has 0 saturated carbocycles. The number of hydrogen-bond acceptors (Lipinski definition) is 2. The summed E-state index contributed by atoms with van der Waals surface area (Å²) in [4.78, 5) is 23.4. The molecule has 2 heteroatoms. The Kier molecular flexibility index (Phi) is 3.03. The van der Waals surface area contributed by atoms with Gasteiger partial charge >= 0.3 is 0 Å². The van der Waals surface area contributed by atoms with Crippen LogP contribution in [0.5, 0.6) is 0 Å². The molecular weight excluding hydrogens is 224 g/mol. The van der Waals surface area contributed by atoms with Gasteiger partial charge < -0.3 is 4.79 Å². The molecule has 18 heavy (non-hydrogen) atoms. The zero-order valence-corrected chi connectivity index (χ0v) is 12.2. The number of carbonyl (C=O) groups excluding carboxylic acids is 2. The monoisotopic (exact) mass is 248 g/mol. The summed E-state index contributed by atoms with van der Waals surface area (Å²) < 4.78 is 0. The number of ketones is 2. The molecule has 2 aliphatic rings. The van der Waals surface area contributed by atoms with Gasteiger partial charge in [0.05, 0.1) is 0 Å². The van der Waals surface area contributed by atoms with E-state index in [2.05, 4.69) is 27.7 Å². The Hall–Kier alpha value is -0.920. The second-order valence-corrected chi connectivity index (χ2v) is 7.36. The molecule has 1 unspecified atom stereocenters. The quantitative estimate of drug-likeness (QED) is 0.763. The van der Waals surface area contributed by atoms with Crippen molar-refractivity contribution in [2.24, 2.45) is 16.7 Å². The average Bonchev–Trinajstić information content (AvgIpc) is 2.12. The molecular formula is C16H24O2. The summed E-state index contributed by atoms with van der Waals surface area (Å²) in [5, 5.41) is 0. The van der Waals surface area contributed by atoms with E-state index >= 15 is 0 Å². The summed E-state index contributed by atoms with van der Waals surface area (Å²) in [6, 6.07) is 0. The minimum absolute atomic E-state index is 0.0155. The molecule has 100 valence electrons. The smallest absolute Gasteiger partial charge is 0.159 e. The minimum Gasteiger partial charge on any atom is -0.300 e. The maximum Gasteiger partial charge on any atom is 0.159 e. The van der Waals surface area contributed by atoms with Crippen LogP contribution in [-0.4, -0.2) is 11.6 Å². The standard InChI is InChI=1S/C16H24O2/c1-10(17)6-7-12-11-8-15(2,3)9-13(18)14(11)16(12,4)5/h12H,6-9H2,1-5H3. The first-order valence-electron chi connectivity index (χ1n) is 6.91. The Morgan fingerprint density at radius 3 is 2.39 bits per heavy atom. The van der Waals surface area contributed by atoms with Crippen LogP contribution in [0.2, 0.25) is 0 Å². The summed E-state index contributed by atoms with van der Waals surface area (Å²) in [6.45, 7) is 10.3. The third-order valence-corrected chi connectivity index (χ3v) is 4.63. The molecule has 0 bridgehead atoms. The normalized spacial score (nSPS) is 28.7. The fourth-order valence-electron chi connectivity index (χ4n) is 3.85. The van der Waals surface area contributed by atoms with E-state index in [-0.39, 0.29) is 16.6 Å². The van der Waals surface area contributed by atoms with Crippen molar-refractivity contribution in [1.29, 1.82) is 0 Å². The summed E-state index contributed by atoms with van der Waals surface area (Å²) in [6.07, 6.45) is 3.25. The highest BCUT2D eigenvalue weighted by Crippen LogP contribution is 2.59. The fourth-order valence-corrected chi connectivity index (χ4v) is 3.85. The van der Waals surface area contributed by atoms with Gasteiger partial charge in [0.2, 0.25) is 0 Å². The molecule has 1 atom stereocenters. The van der Waals surface area contributed by atoms with Crippen LogP contribution < -0.4 is 0 Å². The summed E-state index contributed by atoms with van der Waals surface area (Å²) >= 11 is 0. The first-order chi connectivity index (χ1) is 8.15. The number of rotatable bonds is 3. The third-order valence-electron chi connectivity index (χ3n) is 4.63. The van der Waals surface area contributed by atoms with Crippen molar-refractivity contribution in [3.8, 4) is 0 Å². The Bertz CT molecular complexity index is 438. The number of allylic oxidation sites excluding steroid dienone is 2. The van der Waals surface area contributed by atoms with Gasteiger partial charge in [0.1, 0.15) is 5.78 Å². The van der Waals surface area contributed by atoms with Crippen LogP contribution in [0.4, 0.5) is 0 Å². The highest BCUT2D eigenvalue weighted by molar-refractivity contribution is 6.01. The molecule has 0 aromatic heterocycles. The van der Waals surface area contributed by atoms with Gasteiger partial charge in [0.15, 0.2) is 5.78 Å². The second-order valence-electron chi connectivity index (χ2n) is 7.36. The number of Topliss-reactive ketones (excluding diaryl/α,β-unsaturated/α-hetero) is 2. The van der Waals surface area contributed by atoms with E-state index in [1.807, 2.05) is 0 Å². The average molecular weight is 248 g/mol. The Balaban J connectivity index is 2.25. The summed E-state index contributed by atoms with van der Waals surface area (Å²) in [5.74, 6) is 1.02. The molecule has 0 radical (unpaired) electrons. The van der Waals surface area contributed by atoms with Crippen LogP contribution in [0.15, 0.2) is 11.1 Å². The van der Waals surface area contributed by atoms with Crippen LogP contribution in [0, 0.1) is 16.7 Å². The molecule has 0 amide bonds. The minimum atomic E-state index is -0.0155. The van der Waals surface area contributed by atoms with Crippen LogP contribution in [0.1, 0.15) is 60.3 Å². The van der Waals surface area contributed by atoms with E-state index < -0.39 is 0 Å². The lowest BCUT2D eigenvalue weighted by Gasteiger charge is -2.53. The SMILES string of the molecule is CC(=O)CCC1C2=C(C(=O)CC(C)(C)C2)C1(C)C. The largest absolute Gasteiger partial charge is 0.300 e. The van der Waals surface area contributed by atoms with Crippen molar-refractivity contribution < 1.29 is 9.59 Å². The van der Waals surface area contributed by atoms with Gasteiger partial charge in [-0.05, 0) is 36.5 Å². The van der Waals surface area contributed by atoms with Crippen LogP contribution in [-0.2, 0) is 9.59 Å². The van der Waals surface area contributed by atoms with Crippen molar-refractivity contribution >= 4 is 11.6 Å². The lowest BCUT2D eigenvalue weighted by molar-refractivity contribution is -0.121. The Morgan fingerprint density at radius 2 is 1.83 bits per heavy atom. The van der Waals surface area contributed by atoms with Crippen molar-refractivity contribution in [3.63, 3.8) is 0 Å². The molecule has 2 rings (SSSR count). The van der Waals surface area contributed by atoms with Crippen molar-refractivity contribution in [2.45, 2.75) is 60.3 Å². The molecule has 0 aliphatic heterocycles. The maximum atomic E-state index is 12.2. The fraction of sp³-hybridized carbons (Fsp3) is 0.750. The molecule has 0 saturated heterocycles. The molecule has 2 aliphatic carbocycles. The van der Waals surface area contributed by atoms with Gasteiger partial charge in [-0.25, -0.2) is 0 Å². The molecule has 0 aromatic rings. The van der Waals surface area contributed by atoms with E-state index in [1.165, 1.54) is 5.57 Å². The van der Waals surface area contributed by atoms with E-state index in [0.29, 0.717) is 24.5 Å². The molecule has 0 N–H and O–H groups in total. The van der Waals surface area contributed by atoms with E-state index in [9.17, 15) is 9.59 Å². The van der Waals surface area contributed by atoms with Gasteiger partial charge in [-0.1, -0.05) is 33.3 Å². The highest BCUT2D eigenvalue weighted by atomic mass is 16.1. The molecule has 0 fully saturated rings. The summed E-state index contributed by atoms with van der Waals surface area (Å²) in [7, 11) is 0. The first kappa shape index (κ1) is 13.5. The second kappa shape index (κ2) is 4.04. The Morgan fingerprint density at radius 1 is 1.22 bits per heavy atom. The topological polar surface area (TPSA) is 34.1 Å². The third kappa shape index (κ3) is 2.06. The van der Waals surface area contributed by atoms with Gasteiger partial charge in [0, 0.05) is 18.4 Å². The van der Waals surface area contributed by atoms with Gasteiger partial charge in [0.25, 0.3) is 0 Å². The van der Waals surface area contributed by atoms with Gasteiger partial charge in [-0.3, -0.25) is 4.79 Å². The van der Waals surface area contributed by atoms with Crippen molar-refractivity contribution in [3.05, 3.63) is 11.1 Å². The zero-order chi connectivity index (χ0) is 13.7. The lowest BCUT2D eigenvalue weighted by atomic mass is 9.50. The number of hydrogen-bond donors (Lipinski definition) is 0. The summed E-state index contributed by atoms with van der Waals surface area (Å²) in [5.41, 5.74) is 2.51. The first-order valence-corrected chi connectivity index (χ1v) is 6.91. The van der Waals surface area contributed by atoms with E-state index in [1.54, 1.807) is 6.92 Å².